The van der Waals surface area contributed by atoms with Gasteiger partial charge in [0.05, 0.1) is 10.8 Å². The maximum Gasteiger partial charge on any atom is 0.220 e. The average Bonchev–Trinajstić information content (AvgIpc) is 2.36. The number of rotatable bonds is 7. The first-order chi connectivity index (χ1) is 9.28. The van der Waals surface area contributed by atoms with Gasteiger partial charge in [-0.15, -0.1) is 0 Å². The van der Waals surface area contributed by atoms with Crippen LogP contribution >= 0.6 is 15.9 Å². The summed E-state index contributed by atoms with van der Waals surface area (Å²) in [6, 6.07) is 7.39. The van der Waals surface area contributed by atoms with Crippen molar-refractivity contribution in [3.05, 3.63) is 28.7 Å². The minimum absolute atomic E-state index is 0.0451. The molecule has 0 aromatic heterocycles. The first-order valence-electron chi connectivity index (χ1n) is 6.47. The minimum Gasteiger partial charge on any atom is -0.354 e. The standard InChI is InChI=1S/C14H21BrN2O2S/c1-14(2,16)10-17-13(18)4-3-9-20(19)12-7-5-11(15)6-8-12/h5-8H,3-4,9-10,16H2,1-2H3,(H,17,18). The molecule has 0 heterocycles. The van der Waals surface area contributed by atoms with Gasteiger partial charge in [0, 0.05) is 33.6 Å². The van der Waals surface area contributed by atoms with Gasteiger partial charge in [0.25, 0.3) is 0 Å². The summed E-state index contributed by atoms with van der Waals surface area (Å²) in [6.07, 6.45) is 0.970. The van der Waals surface area contributed by atoms with Crippen molar-refractivity contribution >= 4 is 32.6 Å². The molecule has 1 unspecified atom stereocenters. The Hall–Kier alpha value is -0.720. The molecular weight excluding hydrogens is 340 g/mol. The molecule has 0 aliphatic rings. The fraction of sp³-hybridized carbons (Fsp3) is 0.500. The number of nitrogens with two attached hydrogens (primary N) is 1. The lowest BCUT2D eigenvalue weighted by Gasteiger charge is -2.18. The van der Waals surface area contributed by atoms with E-state index < -0.39 is 16.3 Å². The third kappa shape index (κ3) is 7.17. The normalized spacial score (nSPS) is 13.0. The van der Waals surface area contributed by atoms with Crippen LogP contribution in [0.4, 0.5) is 0 Å². The Labute approximate surface area is 131 Å². The Morgan fingerprint density at radius 2 is 1.95 bits per heavy atom. The van der Waals surface area contributed by atoms with Gasteiger partial charge in [-0.25, -0.2) is 0 Å². The molecule has 0 saturated heterocycles. The molecule has 0 aliphatic carbocycles. The van der Waals surface area contributed by atoms with Crippen molar-refractivity contribution < 1.29 is 9.00 Å². The zero-order chi connectivity index (χ0) is 15.2. The first-order valence-corrected chi connectivity index (χ1v) is 8.59. The highest BCUT2D eigenvalue weighted by atomic mass is 79.9. The van der Waals surface area contributed by atoms with Crippen LogP contribution in [0.5, 0.6) is 0 Å². The van der Waals surface area contributed by atoms with E-state index in [2.05, 4.69) is 21.2 Å². The van der Waals surface area contributed by atoms with Gasteiger partial charge >= 0.3 is 0 Å². The van der Waals surface area contributed by atoms with Crippen LogP contribution in [-0.2, 0) is 15.6 Å². The van der Waals surface area contributed by atoms with Gasteiger partial charge in [-0.05, 0) is 44.5 Å². The summed E-state index contributed by atoms with van der Waals surface area (Å²) in [7, 11) is -1.05. The maximum absolute atomic E-state index is 12.0. The summed E-state index contributed by atoms with van der Waals surface area (Å²) in [5, 5.41) is 2.77. The minimum atomic E-state index is -1.05. The molecular formula is C14H21BrN2O2S. The molecule has 0 bridgehead atoms. The molecule has 1 aromatic rings. The number of halogens is 1. The van der Waals surface area contributed by atoms with Crippen LogP contribution in [0.2, 0.25) is 0 Å². The van der Waals surface area contributed by atoms with Gasteiger partial charge in [-0.3, -0.25) is 9.00 Å². The van der Waals surface area contributed by atoms with E-state index in [0.29, 0.717) is 25.1 Å². The van der Waals surface area contributed by atoms with E-state index in [1.807, 2.05) is 38.1 Å². The fourth-order valence-electron chi connectivity index (χ4n) is 1.48. The summed E-state index contributed by atoms with van der Waals surface area (Å²) in [5.74, 6) is 0.442. The van der Waals surface area contributed by atoms with Gasteiger partial charge in [-0.2, -0.15) is 0 Å². The summed E-state index contributed by atoms with van der Waals surface area (Å²) < 4.78 is 13.0. The average molecular weight is 361 g/mol. The molecule has 3 N–H and O–H groups in total. The number of amides is 1. The van der Waals surface area contributed by atoms with Crippen LogP contribution in [0, 0.1) is 0 Å². The van der Waals surface area contributed by atoms with E-state index in [-0.39, 0.29) is 5.91 Å². The monoisotopic (exact) mass is 360 g/mol. The predicted molar refractivity (Wildman–Crippen MR) is 85.9 cm³/mol. The molecule has 6 heteroatoms. The highest BCUT2D eigenvalue weighted by Gasteiger charge is 2.12. The SMILES string of the molecule is CC(C)(N)CNC(=O)CCCS(=O)c1ccc(Br)cc1. The van der Waals surface area contributed by atoms with Gasteiger partial charge in [-0.1, -0.05) is 15.9 Å². The van der Waals surface area contributed by atoms with Crippen molar-refractivity contribution in [1.29, 1.82) is 0 Å². The van der Waals surface area contributed by atoms with E-state index >= 15 is 0 Å². The third-order valence-corrected chi connectivity index (χ3v) is 4.54. The zero-order valence-electron chi connectivity index (χ0n) is 11.8. The third-order valence-electron chi connectivity index (χ3n) is 2.55. The van der Waals surface area contributed by atoms with E-state index in [9.17, 15) is 9.00 Å². The number of hydrogen-bond acceptors (Lipinski definition) is 3. The van der Waals surface area contributed by atoms with Crippen LogP contribution in [0.3, 0.4) is 0 Å². The van der Waals surface area contributed by atoms with Crippen LogP contribution in [0.25, 0.3) is 0 Å². The van der Waals surface area contributed by atoms with Crippen molar-refractivity contribution in [3.63, 3.8) is 0 Å². The molecule has 1 atom stereocenters. The molecule has 4 nitrogen and oxygen atoms in total. The van der Waals surface area contributed by atoms with Crippen LogP contribution < -0.4 is 11.1 Å². The molecule has 0 aliphatic heterocycles. The maximum atomic E-state index is 12.0. The van der Waals surface area contributed by atoms with Crippen molar-refractivity contribution in [2.45, 2.75) is 37.1 Å². The Balaban J connectivity index is 2.28. The molecule has 1 aromatic carbocycles. The van der Waals surface area contributed by atoms with Gasteiger partial charge in [0.15, 0.2) is 0 Å². The quantitative estimate of drug-likeness (QED) is 0.782. The Kier molecular flexibility index (Phi) is 6.85. The van der Waals surface area contributed by atoms with Gasteiger partial charge in [0.2, 0.25) is 5.91 Å². The second-order valence-corrected chi connectivity index (χ2v) is 7.86. The number of hydrogen-bond donors (Lipinski definition) is 2. The Morgan fingerprint density at radius 3 is 2.50 bits per heavy atom. The highest BCUT2D eigenvalue weighted by Crippen LogP contribution is 2.14. The van der Waals surface area contributed by atoms with Crippen molar-refractivity contribution in [2.75, 3.05) is 12.3 Å². The summed E-state index contributed by atoms with van der Waals surface area (Å²) in [6.45, 7) is 4.16. The molecule has 0 saturated carbocycles. The number of benzene rings is 1. The van der Waals surface area contributed by atoms with E-state index in [4.69, 9.17) is 5.73 Å². The molecule has 0 spiro atoms. The van der Waals surface area contributed by atoms with E-state index in [0.717, 1.165) is 9.37 Å². The topological polar surface area (TPSA) is 72.2 Å². The van der Waals surface area contributed by atoms with Crippen molar-refractivity contribution in [2.24, 2.45) is 5.73 Å². The van der Waals surface area contributed by atoms with E-state index in [1.165, 1.54) is 0 Å². The summed E-state index contributed by atoms with van der Waals surface area (Å²) in [5.41, 5.74) is 5.37. The summed E-state index contributed by atoms with van der Waals surface area (Å²) in [4.78, 5) is 12.4. The largest absolute Gasteiger partial charge is 0.354 e. The van der Waals surface area contributed by atoms with E-state index in [1.54, 1.807) is 0 Å². The highest BCUT2D eigenvalue weighted by molar-refractivity contribution is 9.10. The second kappa shape index (κ2) is 7.90. The number of carbonyl (C=O) groups is 1. The van der Waals surface area contributed by atoms with Gasteiger partial charge in [0.1, 0.15) is 0 Å². The lowest BCUT2D eigenvalue weighted by atomic mass is 10.1. The Bertz CT molecular complexity index is 469. The smallest absolute Gasteiger partial charge is 0.220 e. The molecule has 1 amide bonds. The summed E-state index contributed by atoms with van der Waals surface area (Å²) >= 11 is 3.34. The van der Waals surface area contributed by atoms with Crippen LogP contribution in [-0.4, -0.2) is 28.0 Å². The number of nitrogens with one attached hydrogen (secondary N) is 1. The molecule has 20 heavy (non-hydrogen) atoms. The molecule has 1 rings (SSSR count). The predicted octanol–water partition coefficient (Wildman–Crippen LogP) is 2.19. The molecule has 0 fully saturated rings. The van der Waals surface area contributed by atoms with Crippen LogP contribution in [0.15, 0.2) is 33.6 Å². The Morgan fingerprint density at radius 1 is 1.35 bits per heavy atom. The fourth-order valence-corrected chi connectivity index (χ4v) is 2.83. The first kappa shape index (κ1) is 17.3. The van der Waals surface area contributed by atoms with Crippen LogP contribution in [0.1, 0.15) is 26.7 Å². The second-order valence-electron chi connectivity index (χ2n) is 5.37. The van der Waals surface area contributed by atoms with Crippen molar-refractivity contribution in [3.8, 4) is 0 Å². The number of carbonyl (C=O) groups excluding carboxylic acids is 1. The van der Waals surface area contributed by atoms with Crippen molar-refractivity contribution in [1.82, 2.24) is 5.32 Å². The van der Waals surface area contributed by atoms with Gasteiger partial charge < -0.3 is 11.1 Å². The zero-order valence-corrected chi connectivity index (χ0v) is 14.2. The molecule has 0 radical (unpaired) electrons. The lowest BCUT2D eigenvalue weighted by Crippen LogP contribution is -2.45. The lowest BCUT2D eigenvalue weighted by molar-refractivity contribution is -0.121. The molecule has 112 valence electrons.